The number of benzene rings is 1. The summed E-state index contributed by atoms with van der Waals surface area (Å²) in [5.74, 6) is 1.15. The summed E-state index contributed by atoms with van der Waals surface area (Å²) in [5, 5.41) is 0. The highest BCUT2D eigenvalue weighted by molar-refractivity contribution is 6.18. The van der Waals surface area contributed by atoms with Crippen molar-refractivity contribution < 1.29 is 0 Å². The summed E-state index contributed by atoms with van der Waals surface area (Å²) < 4.78 is 0. The van der Waals surface area contributed by atoms with Gasteiger partial charge in [-0.2, -0.15) is 0 Å². The van der Waals surface area contributed by atoms with Gasteiger partial charge in [-0.15, -0.1) is 0 Å². The molecule has 1 aromatic carbocycles. The quantitative estimate of drug-likeness (QED) is 0.187. The van der Waals surface area contributed by atoms with Crippen LogP contribution in [-0.4, -0.2) is 12.4 Å². The van der Waals surface area contributed by atoms with Crippen LogP contribution in [0.1, 0.15) is 103 Å². The minimum Gasteiger partial charge on any atom is -0.0965 e. The lowest BCUT2D eigenvalue weighted by Crippen LogP contribution is -2.22. The molecule has 1 aliphatic heterocycles. The van der Waals surface area contributed by atoms with Gasteiger partial charge in [0.15, 0.2) is 12.4 Å². The van der Waals surface area contributed by atoms with Crippen LogP contribution in [0.15, 0.2) is 40.3 Å². The molecule has 2 heteroatoms. The van der Waals surface area contributed by atoms with E-state index in [0.29, 0.717) is 11.8 Å². The van der Waals surface area contributed by atoms with E-state index < -0.39 is 0 Å². The molecule has 0 radical (unpaired) electrons. The Bertz CT molecular complexity index is 551. The monoisotopic (exact) mass is 395 g/mol. The molecule has 0 bridgehead atoms. The van der Waals surface area contributed by atoms with Crippen molar-refractivity contribution in [1.82, 2.24) is 0 Å². The fraction of sp³-hybridized carbons (Fsp3) is 0.667. The fourth-order valence-electron chi connectivity index (χ4n) is 4.54. The second-order valence-electron chi connectivity index (χ2n) is 8.73. The molecule has 2 atom stereocenters. The number of hydrogen-bond acceptors (Lipinski definition) is 2. The van der Waals surface area contributed by atoms with E-state index in [4.69, 9.17) is 0 Å². The Kier molecular flexibility index (Phi) is 12.5. The van der Waals surface area contributed by atoms with Crippen LogP contribution < -0.4 is 0 Å². The van der Waals surface area contributed by atoms with Gasteiger partial charge in [-0.3, -0.25) is 0 Å². The number of aliphatic imine (C=N–C) groups is 2. The Labute approximate surface area is 180 Å². The first kappa shape index (κ1) is 23.7. The van der Waals surface area contributed by atoms with Crippen LogP contribution in [0.4, 0.5) is 0 Å². The first-order valence-electron chi connectivity index (χ1n) is 12.3. The minimum absolute atomic E-state index is 0.502. The van der Waals surface area contributed by atoms with Gasteiger partial charge in [-0.25, -0.2) is 0 Å². The van der Waals surface area contributed by atoms with Crippen LogP contribution in [0.25, 0.3) is 0 Å². The maximum absolute atomic E-state index is 4.65. The summed E-state index contributed by atoms with van der Waals surface area (Å²) in [6, 6.07) is 11.1. The van der Waals surface area contributed by atoms with Gasteiger partial charge in [-0.05, 0) is 30.7 Å². The zero-order valence-corrected chi connectivity index (χ0v) is 19.0. The van der Waals surface area contributed by atoms with Crippen LogP contribution in [-0.2, 0) is 6.42 Å². The molecule has 2 nitrogen and oxygen atoms in total. The van der Waals surface area contributed by atoms with Crippen LogP contribution >= 0.6 is 0 Å². The zero-order chi connectivity index (χ0) is 20.6. The molecular weight excluding hydrogens is 352 g/mol. The highest BCUT2D eigenvalue weighted by Crippen LogP contribution is 2.37. The molecule has 29 heavy (non-hydrogen) atoms. The third-order valence-corrected chi connectivity index (χ3v) is 6.27. The van der Waals surface area contributed by atoms with Gasteiger partial charge in [0, 0.05) is 0 Å². The van der Waals surface area contributed by atoms with Gasteiger partial charge in [-0.1, -0.05) is 125 Å². The first-order chi connectivity index (χ1) is 14.3. The van der Waals surface area contributed by atoms with E-state index in [-0.39, 0.29) is 0 Å². The summed E-state index contributed by atoms with van der Waals surface area (Å²) in [4.78, 5) is 9.31. The van der Waals surface area contributed by atoms with Gasteiger partial charge in [0.25, 0.3) is 0 Å². The smallest absolute Gasteiger partial charge is 0.0965 e. The highest BCUT2D eigenvalue weighted by atomic mass is 15.0. The molecule has 0 fully saturated rings. The summed E-state index contributed by atoms with van der Waals surface area (Å²) in [7, 11) is 0. The third kappa shape index (κ3) is 9.65. The van der Waals surface area contributed by atoms with Gasteiger partial charge < -0.3 is 0 Å². The fourth-order valence-corrected chi connectivity index (χ4v) is 4.54. The van der Waals surface area contributed by atoms with Crippen LogP contribution in [0.3, 0.4) is 0 Å². The number of rotatable bonds is 17. The number of hydrogen-bond donors (Lipinski definition) is 0. The lowest BCUT2D eigenvalue weighted by molar-refractivity contribution is 0.284. The molecule has 0 aliphatic carbocycles. The Morgan fingerprint density at radius 3 is 1.86 bits per heavy atom. The van der Waals surface area contributed by atoms with E-state index in [2.05, 4.69) is 54.2 Å². The van der Waals surface area contributed by atoms with E-state index in [1.165, 1.54) is 89.0 Å². The Hall–Kier alpha value is -1.57. The van der Waals surface area contributed by atoms with Crippen LogP contribution in [0.2, 0.25) is 0 Å². The van der Waals surface area contributed by atoms with E-state index in [1.807, 2.05) is 12.4 Å². The lowest BCUT2D eigenvalue weighted by atomic mass is 9.78. The van der Waals surface area contributed by atoms with Gasteiger partial charge in [0.1, 0.15) is 0 Å². The van der Waals surface area contributed by atoms with Crippen molar-refractivity contribution >= 4 is 12.4 Å². The summed E-state index contributed by atoms with van der Waals surface area (Å²) in [5.41, 5.74) is 1.46. The van der Waals surface area contributed by atoms with Crippen molar-refractivity contribution in [3.63, 3.8) is 0 Å². The maximum atomic E-state index is 4.65. The van der Waals surface area contributed by atoms with Crippen LogP contribution in [0, 0.1) is 18.0 Å². The van der Waals surface area contributed by atoms with Crippen molar-refractivity contribution in [3.8, 4) is 0 Å². The Balaban J connectivity index is 1.97. The highest BCUT2D eigenvalue weighted by Gasteiger charge is 2.35. The standard InChI is InChI=1S/C27H43N2/c1-3-5-7-9-11-16-20-26(27-28-21-22-29-27)25(19-15-10-8-6-4-2)23-24-17-13-12-14-18-24/h12-14,17-18,21-22,25-26H,3-11,15-16,19-20,23H2,1-2H3/q+1. The molecule has 0 saturated carbocycles. The largest absolute Gasteiger partial charge is 0.244 e. The zero-order valence-electron chi connectivity index (χ0n) is 19.0. The third-order valence-electron chi connectivity index (χ3n) is 6.27. The predicted molar refractivity (Wildman–Crippen MR) is 129 cm³/mol. The van der Waals surface area contributed by atoms with E-state index in [1.54, 1.807) is 0 Å². The second kappa shape index (κ2) is 15.3. The van der Waals surface area contributed by atoms with Crippen LogP contribution in [0.5, 0.6) is 0 Å². The number of unbranched alkanes of at least 4 members (excludes halogenated alkanes) is 9. The molecular formula is C27H43N2+. The van der Waals surface area contributed by atoms with Gasteiger partial charge >= 0.3 is 0 Å². The van der Waals surface area contributed by atoms with Crippen molar-refractivity contribution in [1.29, 1.82) is 0 Å². The van der Waals surface area contributed by atoms with E-state index in [9.17, 15) is 0 Å². The molecule has 0 spiro atoms. The first-order valence-corrected chi connectivity index (χ1v) is 12.3. The van der Waals surface area contributed by atoms with Crippen molar-refractivity contribution in [2.24, 2.45) is 21.8 Å². The average Bonchev–Trinajstić information content (AvgIpc) is 3.28. The minimum atomic E-state index is 0.502. The molecule has 0 aromatic heterocycles. The lowest BCUT2D eigenvalue weighted by Gasteiger charge is -2.26. The molecule has 0 N–H and O–H groups in total. The van der Waals surface area contributed by atoms with Crippen molar-refractivity contribution in [3.05, 3.63) is 42.1 Å². The molecule has 0 amide bonds. The maximum Gasteiger partial charge on any atom is 0.244 e. The topological polar surface area (TPSA) is 24.7 Å². The van der Waals surface area contributed by atoms with E-state index >= 15 is 0 Å². The van der Waals surface area contributed by atoms with E-state index in [0.717, 1.165) is 12.6 Å². The molecule has 160 valence electrons. The normalized spacial score (nSPS) is 15.2. The average molecular weight is 396 g/mol. The molecule has 1 heterocycles. The number of nitrogens with zero attached hydrogens (tertiary/aromatic N) is 2. The summed E-state index contributed by atoms with van der Waals surface area (Å²) in [6.07, 6.45) is 23.4. The van der Waals surface area contributed by atoms with Gasteiger partial charge in [0.05, 0.1) is 5.92 Å². The molecule has 0 saturated heterocycles. The molecule has 2 rings (SSSR count). The molecule has 1 aromatic rings. The SMILES string of the molecule is CCCCCCCCC([C+]1N=CC=N1)C(CCCCCCC)Cc1ccccc1. The van der Waals surface area contributed by atoms with Crippen molar-refractivity contribution in [2.75, 3.05) is 0 Å². The molecule has 2 unspecified atom stereocenters. The molecule has 1 aliphatic rings. The Morgan fingerprint density at radius 1 is 0.690 bits per heavy atom. The predicted octanol–water partition coefficient (Wildman–Crippen LogP) is 8.22. The van der Waals surface area contributed by atoms with Crippen molar-refractivity contribution in [2.45, 2.75) is 104 Å². The van der Waals surface area contributed by atoms with Gasteiger partial charge in [0.2, 0.25) is 6.17 Å². The Morgan fingerprint density at radius 2 is 1.24 bits per heavy atom. The summed E-state index contributed by atoms with van der Waals surface area (Å²) >= 11 is 0. The summed E-state index contributed by atoms with van der Waals surface area (Å²) in [6.45, 7) is 4.58. The second-order valence-corrected chi connectivity index (χ2v) is 8.73.